The highest BCUT2D eigenvalue weighted by molar-refractivity contribution is 6.02. The molecule has 0 aliphatic carbocycles. The van der Waals surface area contributed by atoms with Crippen molar-refractivity contribution < 1.29 is 15.0 Å². The highest BCUT2D eigenvalue weighted by atomic mass is 16.3. The summed E-state index contributed by atoms with van der Waals surface area (Å²) >= 11 is 0. The summed E-state index contributed by atoms with van der Waals surface area (Å²) in [5.74, 6) is -0.215. The van der Waals surface area contributed by atoms with Gasteiger partial charge in [0, 0.05) is 18.5 Å². The van der Waals surface area contributed by atoms with Crippen LogP contribution in [0.3, 0.4) is 0 Å². The van der Waals surface area contributed by atoms with Gasteiger partial charge in [-0.05, 0) is 37.4 Å². The van der Waals surface area contributed by atoms with Gasteiger partial charge in [0.25, 0.3) is 5.91 Å². The minimum Gasteiger partial charge on any atom is -0.507 e. The number of phenols is 2. The first-order valence-corrected chi connectivity index (χ1v) is 6.32. The molecule has 0 aliphatic heterocycles. The zero-order chi connectivity index (χ0) is 14.0. The van der Waals surface area contributed by atoms with Gasteiger partial charge in [-0.15, -0.1) is 0 Å². The summed E-state index contributed by atoms with van der Waals surface area (Å²) in [6.07, 6.45) is 0. The van der Waals surface area contributed by atoms with Crippen LogP contribution in [0.15, 0.2) is 30.3 Å². The molecule has 19 heavy (non-hydrogen) atoms. The van der Waals surface area contributed by atoms with E-state index in [-0.39, 0.29) is 23.0 Å². The minimum atomic E-state index is -0.201. The average molecular weight is 259 g/mol. The molecule has 0 aromatic heterocycles. The van der Waals surface area contributed by atoms with Gasteiger partial charge in [0.05, 0.1) is 5.56 Å². The monoisotopic (exact) mass is 259 g/mol. The Morgan fingerprint density at radius 2 is 1.79 bits per heavy atom. The summed E-state index contributed by atoms with van der Waals surface area (Å²) in [7, 11) is 0. The van der Waals surface area contributed by atoms with Crippen molar-refractivity contribution in [3.8, 4) is 11.5 Å². The fourth-order valence-corrected chi connectivity index (χ4v) is 2.15. The van der Waals surface area contributed by atoms with Crippen molar-refractivity contribution in [2.24, 2.45) is 0 Å². The van der Waals surface area contributed by atoms with E-state index in [2.05, 4.69) is 0 Å². The standard InChI is InChI=1S/C15H17NO3/c1-3-16(4-2)15(19)12-8-10-6-5-7-13(17)11(10)9-14(12)18/h5-9,17-18H,3-4H2,1-2H3. The molecule has 0 fully saturated rings. The number of fused-ring (bicyclic) bond motifs is 1. The Morgan fingerprint density at radius 1 is 1.11 bits per heavy atom. The number of hydrogen-bond acceptors (Lipinski definition) is 3. The third-order valence-corrected chi connectivity index (χ3v) is 3.25. The van der Waals surface area contributed by atoms with Crippen LogP contribution in [0.25, 0.3) is 10.8 Å². The summed E-state index contributed by atoms with van der Waals surface area (Å²) in [5.41, 5.74) is 0.266. The Bertz CT molecular complexity index is 618. The maximum Gasteiger partial charge on any atom is 0.257 e. The van der Waals surface area contributed by atoms with Crippen LogP contribution >= 0.6 is 0 Å². The molecule has 0 spiro atoms. The van der Waals surface area contributed by atoms with Crippen molar-refractivity contribution in [2.75, 3.05) is 13.1 Å². The van der Waals surface area contributed by atoms with Gasteiger partial charge in [0.1, 0.15) is 11.5 Å². The second kappa shape index (κ2) is 5.18. The average Bonchev–Trinajstić information content (AvgIpc) is 2.40. The van der Waals surface area contributed by atoms with E-state index in [9.17, 15) is 15.0 Å². The second-order valence-electron chi connectivity index (χ2n) is 4.35. The van der Waals surface area contributed by atoms with Crippen molar-refractivity contribution in [3.05, 3.63) is 35.9 Å². The maximum absolute atomic E-state index is 12.3. The molecule has 0 radical (unpaired) electrons. The molecule has 1 amide bonds. The van der Waals surface area contributed by atoms with E-state index in [1.54, 1.807) is 29.2 Å². The lowest BCUT2D eigenvalue weighted by Crippen LogP contribution is -2.30. The molecule has 0 aliphatic rings. The molecular formula is C15H17NO3. The van der Waals surface area contributed by atoms with Crippen molar-refractivity contribution in [2.45, 2.75) is 13.8 Å². The molecular weight excluding hydrogens is 242 g/mol. The van der Waals surface area contributed by atoms with Crippen molar-refractivity contribution in [3.63, 3.8) is 0 Å². The van der Waals surface area contributed by atoms with Crippen molar-refractivity contribution >= 4 is 16.7 Å². The van der Waals surface area contributed by atoms with Crippen LogP contribution in [-0.4, -0.2) is 34.1 Å². The number of nitrogens with zero attached hydrogens (tertiary/aromatic N) is 1. The Kier molecular flexibility index (Phi) is 3.60. The summed E-state index contributed by atoms with van der Waals surface area (Å²) < 4.78 is 0. The highest BCUT2D eigenvalue weighted by Gasteiger charge is 2.17. The molecule has 4 heteroatoms. The molecule has 2 rings (SSSR count). The van der Waals surface area contributed by atoms with Crippen LogP contribution in [0, 0.1) is 0 Å². The van der Waals surface area contributed by atoms with Gasteiger partial charge >= 0.3 is 0 Å². The summed E-state index contributed by atoms with van der Waals surface area (Å²) in [6.45, 7) is 4.97. The van der Waals surface area contributed by atoms with E-state index in [1.807, 2.05) is 13.8 Å². The number of aromatic hydroxyl groups is 2. The molecule has 2 aromatic rings. The molecule has 100 valence electrons. The van der Waals surface area contributed by atoms with Crippen LogP contribution < -0.4 is 0 Å². The first kappa shape index (κ1) is 13.2. The number of amides is 1. The Labute approximate surface area is 111 Å². The topological polar surface area (TPSA) is 60.8 Å². The Morgan fingerprint density at radius 3 is 2.42 bits per heavy atom. The first-order valence-electron chi connectivity index (χ1n) is 6.32. The lowest BCUT2D eigenvalue weighted by Gasteiger charge is -2.19. The number of rotatable bonds is 3. The molecule has 0 unspecified atom stereocenters. The largest absolute Gasteiger partial charge is 0.507 e. The minimum absolute atomic E-state index is 0.0923. The molecule has 0 heterocycles. The molecule has 0 atom stereocenters. The highest BCUT2D eigenvalue weighted by Crippen LogP contribution is 2.31. The zero-order valence-electron chi connectivity index (χ0n) is 11.1. The molecule has 2 N–H and O–H groups in total. The van der Waals surface area contributed by atoms with E-state index in [4.69, 9.17) is 0 Å². The lowest BCUT2D eigenvalue weighted by molar-refractivity contribution is 0.0770. The number of carbonyl (C=O) groups excluding carboxylic acids is 1. The number of carbonyl (C=O) groups is 1. The van der Waals surface area contributed by atoms with Crippen LogP contribution in [-0.2, 0) is 0 Å². The molecule has 0 saturated carbocycles. The third kappa shape index (κ3) is 2.34. The van der Waals surface area contributed by atoms with Gasteiger partial charge in [0.2, 0.25) is 0 Å². The molecule has 0 bridgehead atoms. The Hall–Kier alpha value is -2.23. The fraction of sp³-hybridized carbons (Fsp3) is 0.267. The predicted molar refractivity (Wildman–Crippen MR) is 74.5 cm³/mol. The number of hydrogen-bond donors (Lipinski definition) is 2. The quantitative estimate of drug-likeness (QED) is 0.891. The molecule has 4 nitrogen and oxygen atoms in total. The van der Waals surface area contributed by atoms with Crippen molar-refractivity contribution in [1.29, 1.82) is 0 Å². The predicted octanol–water partition coefficient (Wildman–Crippen LogP) is 2.73. The van der Waals surface area contributed by atoms with E-state index in [0.717, 1.165) is 5.39 Å². The van der Waals surface area contributed by atoms with Gasteiger partial charge in [-0.2, -0.15) is 0 Å². The second-order valence-corrected chi connectivity index (χ2v) is 4.35. The Balaban J connectivity index is 2.56. The summed E-state index contributed by atoms with van der Waals surface area (Å²) in [5, 5.41) is 21.0. The van der Waals surface area contributed by atoms with Gasteiger partial charge in [-0.3, -0.25) is 4.79 Å². The van der Waals surface area contributed by atoms with Gasteiger partial charge in [0.15, 0.2) is 0 Å². The smallest absolute Gasteiger partial charge is 0.257 e. The van der Waals surface area contributed by atoms with Crippen molar-refractivity contribution in [1.82, 2.24) is 4.90 Å². The van der Waals surface area contributed by atoms with Crippen LogP contribution in [0.1, 0.15) is 24.2 Å². The SMILES string of the molecule is CCN(CC)C(=O)c1cc2cccc(O)c2cc1O. The van der Waals surface area contributed by atoms with Crippen LogP contribution in [0.4, 0.5) is 0 Å². The van der Waals surface area contributed by atoms with Gasteiger partial charge in [-0.25, -0.2) is 0 Å². The van der Waals surface area contributed by atoms with Gasteiger partial charge < -0.3 is 15.1 Å². The third-order valence-electron chi connectivity index (χ3n) is 3.25. The molecule has 2 aromatic carbocycles. The fourth-order valence-electron chi connectivity index (χ4n) is 2.15. The van der Waals surface area contributed by atoms with E-state index >= 15 is 0 Å². The van der Waals surface area contributed by atoms with E-state index in [0.29, 0.717) is 18.5 Å². The van der Waals surface area contributed by atoms with E-state index < -0.39 is 0 Å². The van der Waals surface area contributed by atoms with Crippen LogP contribution in [0.5, 0.6) is 11.5 Å². The zero-order valence-corrected chi connectivity index (χ0v) is 11.1. The lowest BCUT2D eigenvalue weighted by atomic mass is 10.0. The van der Waals surface area contributed by atoms with E-state index in [1.165, 1.54) is 6.07 Å². The number of benzene rings is 2. The molecule has 0 saturated heterocycles. The normalized spacial score (nSPS) is 10.6. The summed E-state index contributed by atoms with van der Waals surface area (Å²) in [4.78, 5) is 13.9. The number of phenolic OH excluding ortho intramolecular Hbond substituents is 2. The maximum atomic E-state index is 12.3. The first-order chi connectivity index (χ1) is 9.08. The van der Waals surface area contributed by atoms with Gasteiger partial charge in [-0.1, -0.05) is 12.1 Å². The summed E-state index contributed by atoms with van der Waals surface area (Å²) in [6, 6.07) is 8.11. The van der Waals surface area contributed by atoms with Crippen LogP contribution in [0.2, 0.25) is 0 Å².